The average Bonchev–Trinajstić information content (AvgIpc) is 3.36. The Morgan fingerprint density at radius 3 is 2.38 bits per heavy atom. The number of furan rings is 1. The van der Waals surface area contributed by atoms with E-state index in [9.17, 15) is 0 Å². The van der Waals surface area contributed by atoms with Crippen molar-refractivity contribution in [2.45, 2.75) is 53.3 Å². The SMILES string of the molecule is CC(C)Cc1ccnc(-c2[c-]ccc3c2oc2ncccc23)c1.CCc1cc(-c2[c-]cccc2)ncc1[Si](C)(C)C.[Ir]. The summed E-state index contributed by atoms with van der Waals surface area (Å²) >= 11 is 0. The summed E-state index contributed by atoms with van der Waals surface area (Å²) in [5.74, 6) is 0.612. The molecule has 0 aliphatic heterocycles. The number of rotatable bonds is 6. The summed E-state index contributed by atoms with van der Waals surface area (Å²) in [6, 6.07) is 28.9. The van der Waals surface area contributed by atoms with Crippen molar-refractivity contribution in [1.82, 2.24) is 15.0 Å². The monoisotopic (exact) mass is 748 g/mol. The first-order valence-electron chi connectivity index (χ1n) is 14.3. The molecule has 4 nitrogen and oxygen atoms in total. The molecule has 0 aliphatic carbocycles. The molecule has 0 amide bonds. The van der Waals surface area contributed by atoms with Gasteiger partial charge in [0.15, 0.2) is 0 Å². The molecular weight excluding hydrogens is 711 g/mol. The first kappa shape index (κ1) is 31.5. The van der Waals surface area contributed by atoms with Crippen molar-refractivity contribution in [3.05, 3.63) is 109 Å². The van der Waals surface area contributed by atoms with E-state index >= 15 is 0 Å². The van der Waals surface area contributed by atoms with Gasteiger partial charge in [-0.25, -0.2) is 4.98 Å². The predicted molar refractivity (Wildman–Crippen MR) is 173 cm³/mol. The Hall–Kier alpha value is -3.44. The molecule has 1 radical (unpaired) electrons. The topological polar surface area (TPSA) is 51.8 Å². The molecule has 6 heteroatoms. The maximum Gasteiger partial charge on any atom is 0.216 e. The van der Waals surface area contributed by atoms with Crippen molar-refractivity contribution >= 4 is 35.3 Å². The molecule has 0 saturated carbocycles. The summed E-state index contributed by atoms with van der Waals surface area (Å²) in [6.07, 6.45) is 7.80. The van der Waals surface area contributed by atoms with Gasteiger partial charge in [-0.05, 0) is 53.5 Å². The van der Waals surface area contributed by atoms with Gasteiger partial charge in [0.05, 0.1) is 13.7 Å². The van der Waals surface area contributed by atoms with Crippen molar-refractivity contribution in [2.24, 2.45) is 5.92 Å². The van der Waals surface area contributed by atoms with Crippen LogP contribution in [0.15, 0.2) is 89.7 Å². The largest absolute Gasteiger partial charge is 0.486 e. The van der Waals surface area contributed by atoms with E-state index in [1.165, 1.54) is 16.3 Å². The molecule has 0 aliphatic rings. The number of hydrogen-bond acceptors (Lipinski definition) is 4. The fourth-order valence-corrected chi connectivity index (χ4v) is 6.80. The minimum Gasteiger partial charge on any atom is -0.486 e. The second-order valence-electron chi connectivity index (χ2n) is 11.8. The van der Waals surface area contributed by atoms with Crippen LogP contribution in [0.2, 0.25) is 19.6 Å². The Balaban J connectivity index is 0.000000194. The maximum atomic E-state index is 5.98. The molecule has 2 aromatic carbocycles. The minimum absolute atomic E-state index is 0. The van der Waals surface area contributed by atoms with E-state index in [4.69, 9.17) is 4.42 Å². The molecule has 0 N–H and O–H groups in total. The number of hydrogen-bond donors (Lipinski definition) is 0. The molecular formula is C36H37IrN3OSi-2. The molecule has 217 valence electrons. The van der Waals surface area contributed by atoms with Crippen LogP contribution in [0, 0.1) is 18.1 Å². The van der Waals surface area contributed by atoms with Gasteiger partial charge in [-0.2, -0.15) is 0 Å². The Morgan fingerprint density at radius 2 is 1.67 bits per heavy atom. The Labute approximate surface area is 264 Å². The van der Waals surface area contributed by atoms with Gasteiger partial charge in [0, 0.05) is 44.1 Å². The Bertz CT molecular complexity index is 1770. The standard InChI is InChI=1S/C20H17N2O.C16H20NSi.Ir/c1-13(2)11-14-8-10-21-18(12-14)17-6-3-5-15-16-7-4-9-22-20(16)23-19(15)17;1-5-13-11-15(14-9-7-6-8-10-14)17-12-16(13)18(2,3)4;/h3-5,7-10,12-13H,11H2,1-2H3;6-9,11-12H,5H2,1-4H3;/q2*-1;. The van der Waals surface area contributed by atoms with Crippen LogP contribution < -0.4 is 5.19 Å². The van der Waals surface area contributed by atoms with E-state index in [1.54, 1.807) is 6.20 Å². The smallest absolute Gasteiger partial charge is 0.216 e. The zero-order valence-corrected chi connectivity index (χ0v) is 28.6. The van der Waals surface area contributed by atoms with E-state index in [1.807, 2.05) is 48.7 Å². The van der Waals surface area contributed by atoms with Crippen LogP contribution in [0.25, 0.3) is 44.6 Å². The molecule has 4 aromatic heterocycles. The van der Waals surface area contributed by atoms with E-state index in [0.717, 1.165) is 51.7 Å². The molecule has 0 unspecified atom stereocenters. The van der Waals surface area contributed by atoms with E-state index < -0.39 is 8.07 Å². The van der Waals surface area contributed by atoms with Gasteiger partial charge in [-0.3, -0.25) is 0 Å². The van der Waals surface area contributed by atoms with Gasteiger partial charge in [0.2, 0.25) is 5.71 Å². The number of pyridine rings is 3. The summed E-state index contributed by atoms with van der Waals surface area (Å²) in [4.78, 5) is 13.5. The van der Waals surface area contributed by atoms with Crippen LogP contribution in [0.1, 0.15) is 31.9 Å². The fraction of sp³-hybridized carbons (Fsp3) is 0.250. The molecule has 0 fully saturated rings. The molecule has 0 saturated heterocycles. The van der Waals surface area contributed by atoms with Gasteiger partial charge in [-0.1, -0.05) is 74.6 Å². The molecule has 0 spiro atoms. The van der Waals surface area contributed by atoms with Gasteiger partial charge >= 0.3 is 0 Å². The summed E-state index contributed by atoms with van der Waals surface area (Å²) in [5.41, 5.74) is 8.08. The summed E-state index contributed by atoms with van der Waals surface area (Å²) < 4.78 is 5.98. The third-order valence-corrected chi connectivity index (χ3v) is 9.16. The van der Waals surface area contributed by atoms with E-state index in [2.05, 4.69) is 98.0 Å². The number of aryl methyl sites for hydroxylation is 1. The van der Waals surface area contributed by atoms with Crippen LogP contribution >= 0.6 is 0 Å². The summed E-state index contributed by atoms with van der Waals surface area (Å²) in [7, 11) is -1.30. The molecule has 0 bridgehead atoms. The zero-order chi connectivity index (χ0) is 29.0. The Kier molecular flexibility index (Phi) is 10.3. The first-order chi connectivity index (χ1) is 19.7. The predicted octanol–water partition coefficient (Wildman–Crippen LogP) is 8.70. The van der Waals surface area contributed by atoms with E-state index in [-0.39, 0.29) is 20.1 Å². The quantitative estimate of drug-likeness (QED) is 0.126. The summed E-state index contributed by atoms with van der Waals surface area (Å²) in [6.45, 7) is 13.8. The van der Waals surface area contributed by atoms with Crippen molar-refractivity contribution < 1.29 is 24.5 Å². The first-order valence-corrected chi connectivity index (χ1v) is 17.8. The minimum atomic E-state index is -1.30. The second kappa shape index (κ2) is 13.7. The second-order valence-corrected chi connectivity index (χ2v) is 16.8. The molecule has 4 heterocycles. The van der Waals surface area contributed by atoms with Crippen molar-refractivity contribution in [3.8, 4) is 22.5 Å². The van der Waals surface area contributed by atoms with Gasteiger partial charge in [0.1, 0.15) is 0 Å². The van der Waals surface area contributed by atoms with Crippen LogP contribution in [-0.2, 0) is 32.9 Å². The molecule has 0 atom stereocenters. The number of aromatic nitrogens is 3. The third kappa shape index (κ3) is 7.12. The van der Waals surface area contributed by atoms with Crippen molar-refractivity contribution in [1.29, 1.82) is 0 Å². The van der Waals surface area contributed by atoms with Gasteiger partial charge in [0.25, 0.3) is 0 Å². The number of fused-ring (bicyclic) bond motifs is 3. The number of benzene rings is 2. The van der Waals surface area contributed by atoms with Crippen LogP contribution in [0.4, 0.5) is 0 Å². The molecule has 6 rings (SSSR count). The van der Waals surface area contributed by atoms with Crippen LogP contribution in [0.3, 0.4) is 0 Å². The van der Waals surface area contributed by atoms with Crippen molar-refractivity contribution in [3.63, 3.8) is 0 Å². The normalized spacial score (nSPS) is 11.3. The zero-order valence-electron chi connectivity index (χ0n) is 25.2. The average molecular weight is 748 g/mol. The Morgan fingerprint density at radius 1 is 0.833 bits per heavy atom. The summed E-state index contributed by atoms with van der Waals surface area (Å²) in [5, 5.41) is 3.55. The van der Waals surface area contributed by atoms with E-state index in [0.29, 0.717) is 11.6 Å². The number of nitrogens with zero attached hydrogens (tertiary/aromatic N) is 3. The van der Waals surface area contributed by atoms with Crippen LogP contribution in [0.5, 0.6) is 0 Å². The third-order valence-electron chi connectivity index (χ3n) is 7.10. The maximum absolute atomic E-state index is 5.98. The van der Waals surface area contributed by atoms with Gasteiger partial charge < -0.3 is 14.4 Å². The van der Waals surface area contributed by atoms with Crippen molar-refractivity contribution in [2.75, 3.05) is 0 Å². The molecule has 6 aromatic rings. The van der Waals surface area contributed by atoms with Crippen LogP contribution in [-0.4, -0.2) is 23.0 Å². The van der Waals surface area contributed by atoms with Gasteiger partial charge in [-0.15, -0.1) is 54.1 Å². The molecule has 42 heavy (non-hydrogen) atoms. The fourth-order valence-electron chi connectivity index (χ4n) is 5.14.